The van der Waals surface area contributed by atoms with Crippen LogP contribution >= 0.6 is 11.6 Å². The lowest BCUT2D eigenvalue weighted by atomic mass is 10.1. The van der Waals surface area contributed by atoms with E-state index in [1.54, 1.807) is 16.9 Å². The molecule has 0 unspecified atom stereocenters. The Hall–Kier alpha value is -1.03. The highest BCUT2D eigenvalue weighted by Crippen LogP contribution is 2.17. The first-order chi connectivity index (χ1) is 7.16. The number of rotatable bonds is 1. The molecule has 0 bridgehead atoms. The zero-order chi connectivity index (χ0) is 10.8. The van der Waals surface area contributed by atoms with E-state index in [1.165, 1.54) is 0 Å². The summed E-state index contributed by atoms with van der Waals surface area (Å²) in [7, 11) is 1.81. The fourth-order valence-corrected chi connectivity index (χ4v) is 1.94. The van der Waals surface area contributed by atoms with Gasteiger partial charge in [-0.2, -0.15) is 5.10 Å². The largest absolute Gasteiger partial charge is 0.337 e. The van der Waals surface area contributed by atoms with Gasteiger partial charge in [-0.3, -0.25) is 9.48 Å². The van der Waals surface area contributed by atoms with Crippen LogP contribution < -0.4 is 0 Å². The maximum Gasteiger partial charge on any atom is 0.274 e. The van der Waals surface area contributed by atoms with E-state index in [4.69, 9.17) is 11.6 Å². The van der Waals surface area contributed by atoms with Gasteiger partial charge in [0.15, 0.2) is 0 Å². The number of alkyl halides is 1. The smallest absolute Gasteiger partial charge is 0.274 e. The lowest BCUT2D eigenvalue weighted by Gasteiger charge is -2.28. The molecule has 0 aliphatic carbocycles. The van der Waals surface area contributed by atoms with Gasteiger partial charge in [0, 0.05) is 31.7 Å². The number of likely N-dealkylation sites (tertiary alicyclic amines) is 1. The van der Waals surface area contributed by atoms with Crippen molar-refractivity contribution in [3.8, 4) is 0 Å². The second kappa shape index (κ2) is 4.23. The van der Waals surface area contributed by atoms with Crippen LogP contribution in [0.4, 0.5) is 0 Å². The van der Waals surface area contributed by atoms with Crippen molar-refractivity contribution in [1.29, 1.82) is 0 Å². The zero-order valence-electron chi connectivity index (χ0n) is 8.69. The summed E-state index contributed by atoms with van der Waals surface area (Å²) in [6.07, 6.45) is 3.53. The second-order valence-electron chi connectivity index (χ2n) is 3.84. The molecule has 82 valence electrons. The molecule has 0 radical (unpaired) electrons. The molecule has 5 heteroatoms. The first kappa shape index (κ1) is 10.5. The molecular weight excluding hydrogens is 214 g/mol. The van der Waals surface area contributed by atoms with Crippen molar-refractivity contribution in [1.82, 2.24) is 14.7 Å². The van der Waals surface area contributed by atoms with Gasteiger partial charge in [0.25, 0.3) is 5.91 Å². The van der Waals surface area contributed by atoms with E-state index in [-0.39, 0.29) is 11.3 Å². The van der Waals surface area contributed by atoms with Gasteiger partial charge in [-0.1, -0.05) is 0 Å². The number of aromatic nitrogens is 2. The number of piperidine rings is 1. The van der Waals surface area contributed by atoms with Gasteiger partial charge >= 0.3 is 0 Å². The summed E-state index contributed by atoms with van der Waals surface area (Å²) >= 11 is 5.98. The van der Waals surface area contributed by atoms with Crippen molar-refractivity contribution in [2.24, 2.45) is 7.05 Å². The van der Waals surface area contributed by atoms with Gasteiger partial charge in [0.05, 0.1) is 0 Å². The van der Waals surface area contributed by atoms with Crippen LogP contribution in [0.3, 0.4) is 0 Å². The Balaban J connectivity index is 2.02. The topological polar surface area (TPSA) is 38.1 Å². The highest BCUT2D eigenvalue weighted by atomic mass is 35.5. The Kier molecular flexibility index (Phi) is 2.95. The molecule has 4 nitrogen and oxygen atoms in total. The normalized spacial score (nSPS) is 18.1. The quantitative estimate of drug-likeness (QED) is 0.678. The van der Waals surface area contributed by atoms with Crippen LogP contribution in [-0.2, 0) is 7.05 Å². The average Bonchev–Trinajstić information content (AvgIpc) is 2.65. The molecule has 0 aromatic carbocycles. The van der Waals surface area contributed by atoms with Crippen LogP contribution in [0.5, 0.6) is 0 Å². The maximum absolute atomic E-state index is 11.9. The summed E-state index contributed by atoms with van der Waals surface area (Å²) in [5.74, 6) is 0.0131. The van der Waals surface area contributed by atoms with E-state index >= 15 is 0 Å². The summed E-state index contributed by atoms with van der Waals surface area (Å²) in [5, 5.41) is 4.32. The number of nitrogens with zero attached hydrogens (tertiary/aromatic N) is 3. The van der Waals surface area contributed by atoms with Crippen LogP contribution in [0.15, 0.2) is 12.3 Å². The van der Waals surface area contributed by atoms with Crippen molar-refractivity contribution in [3.63, 3.8) is 0 Å². The van der Waals surface area contributed by atoms with Crippen LogP contribution in [-0.4, -0.2) is 39.1 Å². The van der Waals surface area contributed by atoms with Gasteiger partial charge in [-0.15, -0.1) is 11.6 Å². The predicted molar refractivity (Wildman–Crippen MR) is 58.0 cm³/mol. The molecular formula is C10H14ClN3O. The third-order valence-corrected chi connectivity index (χ3v) is 3.08. The summed E-state index contributed by atoms with van der Waals surface area (Å²) in [5.41, 5.74) is 0.519. The average molecular weight is 228 g/mol. The lowest BCUT2D eigenvalue weighted by molar-refractivity contribution is 0.0719. The Labute approximate surface area is 93.8 Å². The van der Waals surface area contributed by atoms with Gasteiger partial charge < -0.3 is 4.90 Å². The Morgan fingerprint density at radius 2 is 2.20 bits per heavy atom. The van der Waals surface area contributed by atoms with Crippen LogP contribution in [0.1, 0.15) is 23.3 Å². The fourth-order valence-electron chi connectivity index (χ4n) is 1.74. The summed E-state index contributed by atoms with van der Waals surface area (Å²) in [6.45, 7) is 1.48. The second-order valence-corrected chi connectivity index (χ2v) is 4.46. The molecule has 1 aromatic heterocycles. The number of aryl methyl sites for hydroxylation is 1. The first-order valence-corrected chi connectivity index (χ1v) is 5.53. The Bertz CT molecular complexity index is 355. The van der Waals surface area contributed by atoms with Crippen molar-refractivity contribution in [2.45, 2.75) is 18.2 Å². The van der Waals surface area contributed by atoms with Crippen molar-refractivity contribution in [2.75, 3.05) is 13.1 Å². The van der Waals surface area contributed by atoms with E-state index < -0.39 is 0 Å². The standard InChI is InChI=1S/C10H14ClN3O/c1-13-5-4-9(12-13)10(15)14-6-2-8(11)3-7-14/h4-5,8H,2-3,6-7H2,1H3. The molecule has 0 saturated carbocycles. The lowest BCUT2D eigenvalue weighted by Crippen LogP contribution is -2.39. The van der Waals surface area contributed by atoms with E-state index in [2.05, 4.69) is 5.10 Å². The van der Waals surface area contributed by atoms with Crippen molar-refractivity contribution < 1.29 is 4.79 Å². The highest BCUT2D eigenvalue weighted by Gasteiger charge is 2.23. The molecule has 1 aliphatic rings. The molecule has 1 saturated heterocycles. The van der Waals surface area contributed by atoms with Gasteiger partial charge in [-0.05, 0) is 18.9 Å². The molecule has 0 atom stereocenters. The monoisotopic (exact) mass is 227 g/mol. The molecule has 2 rings (SSSR count). The molecule has 1 aliphatic heterocycles. The summed E-state index contributed by atoms with van der Waals surface area (Å²) < 4.78 is 1.64. The van der Waals surface area contributed by atoms with E-state index in [9.17, 15) is 4.79 Å². The minimum Gasteiger partial charge on any atom is -0.337 e. The minimum atomic E-state index is 0.0131. The number of halogens is 1. The third kappa shape index (κ3) is 2.31. The van der Waals surface area contributed by atoms with Gasteiger partial charge in [0.1, 0.15) is 5.69 Å². The number of hydrogen-bond acceptors (Lipinski definition) is 2. The maximum atomic E-state index is 11.9. The zero-order valence-corrected chi connectivity index (χ0v) is 9.44. The fraction of sp³-hybridized carbons (Fsp3) is 0.600. The molecule has 0 N–H and O–H groups in total. The predicted octanol–water partition coefficient (Wildman–Crippen LogP) is 1.26. The molecule has 1 amide bonds. The Morgan fingerprint density at radius 1 is 1.53 bits per heavy atom. The van der Waals surface area contributed by atoms with Crippen molar-refractivity contribution >= 4 is 17.5 Å². The highest BCUT2D eigenvalue weighted by molar-refractivity contribution is 6.20. The van der Waals surface area contributed by atoms with E-state index in [1.807, 2.05) is 11.9 Å². The minimum absolute atomic E-state index is 0.0131. The SMILES string of the molecule is Cn1ccc(C(=O)N2CCC(Cl)CC2)n1. The molecule has 1 fully saturated rings. The first-order valence-electron chi connectivity index (χ1n) is 5.10. The van der Waals surface area contributed by atoms with Crippen molar-refractivity contribution in [3.05, 3.63) is 18.0 Å². The molecule has 2 heterocycles. The van der Waals surface area contributed by atoms with Gasteiger partial charge in [-0.25, -0.2) is 0 Å². The summed E-state index contributed by atoms with van der Waals surface area (Å²) in [6, 6.07) is 1.75. The number of hydrogen-bond donors (Lipinski definition) is 0. The summed E-state index contributed by atoms with van der Waals surface area (Å²) in [4.78, 5) is 13.7. The Morgan fingerprint density at radius 3 is 2.73 bits per heavy atom. The number of carbonyl (C=O) groups excluding carboxylic acids is 1. The third-order valence-electron chi connectivity index (χ3n) is 2.64. The van der Waals surface area contributed by atoms with E-state index in [0.29, 0.717) is 5.69 Å². The van der Waals surface area contributed by atoms with Gasteiger partial charge in [0.2, 0.25) is 0 Å². The van der Waals surface area contributed by atoms with Crippen LogP contribution in [0.2, 0.25) is 0 Å². The molecule has 0 spiro atoms. The van der Waals surface area contributed by atoms with Crippen LogP contribution in [0.25, 0.3) is 0 Å². The molecule has 1 aromatic rings. The van der Waals surface area contributed by atoms with Crippen LogP contribution in [0, 0.1) is 0 Å². The van der Waals surface area contributed by atoms with E-state index in [0.717, 1.165) is 25.9 Å². The molecule has 15 heavy (non-hydrogen) atoms. The number of amides is 1. The number of carbonyl (C=O) groups is 1.